The van der Waals surface area contributed by atoms with Gasteiger partial charge in [0.15, 0.2) is 11.5 Å². The predicted octanol–water partition coefficient (Wildman–Crippen LogP) is 4.43. The number of amides is 1. The van der Waals surface area contributed by atoms with Crippen molar-refractivity contribution in [3.63, 3.8) is 0 Å². The van der Waals surface area contributed by atoms with Crippen LogP contribution in [0, 0.1) is 0 Å². The molecule has 0 spiro atoms. The zero-order chi connectivity index (χ0) is 26.3. The number of benzene rings is 3. The highest BCUT2D eigenvalue weighted by molar-refractivity contribution is 7.89. The summed E-state index contributed by atoms with van der Waals surface area (Å²) in [5, 5.41) is 3.02. The fourth-order valence-corrected chi connectivity index (χ4v) is 5.36. The summed E-state index contributed by atoms with van der Waals surface area (Å²) < 4.78 is 43.9. The molecule has 0 aromatic heterocycles. The van der Waals surface area contributed by atoms with Gasteiger partial charge in [0.1, 0.15) is 5.75 Å². The lowest BCUT2D eigenvalue weighted by Crippen LogP contribution is -2.41. The number of nitrogens with zero attached hydrogens (tertiary/aromatic N) is 1. The molecule has 0 heterocycles. The van der Waals surface area contributed by atoms with E-state index in [1.165, 1.54) is 32.4 Å². The van der Waals surface area contributed by atoms with Crippen LogP contribution < -0.4 is 19.5 Å². The van der Waals surface area contributed by atoms with Crippen LogP contribution in [0.1, 0.15) is 24.1 Å². The highest BCUT2D eigenvalue weighted by atomic mass is 35.5. The largest absolute Gasteiger partial charge is 0.495 e. The van der Waals surface area contributed by atoms with E-state index in [1.54, 1.807) is 38.3 Å². The van der Waals surface area contributed by atoms with Crippen molar-refractivity contribution in [2.45, 2.75) is 24.4 Å². The zero-order valence-electron chi connectivity index (χ0n) is 20.5. The minimum absolute atomic E-state index is 0.00494. The molecule has 3 aromatic carbocycles. The molecule has 192 valence electrons. The van der Waals surface area contributed by atoms with Crippen molar-refractivity contribution in [3.05, 3.63) is 82.9 Å². The maximum atomic E-state index is 13.5. The zero-order valence-corrected chi connectivity index (χ0v) is 22.1. The molecule has 0 saturated heterocycles. The molecule has 36 heavy (non-hydrogen) atoms. The van der Waals surface area contributed by atoms with E-state index < -0.39 is 28.5 Å². The summed E-state index contributed by atoms with van der Waals surface area (Å²) in [7, 11) is 0.452. The molecule has 1 N–H and O–H groups in total. The smallest absolute Gasteiger partial charge is 0.243 e. The van der Waals surface area contributed by atoms with Crippen molar-refractivity contribution in [2.24, 2.45) is 0 Å². The molecular weight excluding hydrogens is 504 g/mol. The van der Waals surface area contributed by atoms with E-state index in [0.29, 0.717) is 17.2 Å². The van der Waals surface area contributed by atoms with Gasteiger partial charge in [-0.05, 0) is 48.4 Å². The lowest BCUT2D eigenvalue weighted by atomic mass is 10.1. The molecule has 0 fully saturated rings. The van der Waals surface area contributed by atoms with E-state index in [2.05, 4.69) is 5.32 Å². The first kappa shape index (κ1) is 27.3. The van der Waals surface area contributed by atoms with Crippen molar-refractivity contribution in [3.8, 4) is 17.2 Å². The lowest BCUT2D eigenvalue weighted by molar-refractivity contribution is -0.122. The topological polar surface area (TPSA) is 94.2 Å². The fourth-order valence-electron chi connectivity index (χ4n) is 3.62. The SMILES string of the molecule is COc1ccc(S(=O)(=O)N(CC(=O)NC(C)c2ccc(OC)c(OC)c2)Cc2ccccc2)cc1Cl. The third-order valence-electron chi connectivity index (χ3n) is 5.57. The van der Waals surface area contributed by atoms with E-state index in [0.717, 1.165) is 15.4 Å². The molecule has 8 nitrogen and oxygen atoms in total. The highest BCUT2D eigenvalue weighted by Gasteiger charge is 2.28. The molecule has 1 unspecified atom stereocenters. The summed E-state index contributed by atoms with van der Waals surface area (Å²) in [5.41, 5.74) is 1.52. The van der Waals surface area contributed by atoms with Gasteiger partial charge in [0.25, 0.3) is 0 Å². The van der Waals surface area contributed by atoms with Crippen LogP contribution in [0.2, 0.25) is 5.02 Å². The van der Waals surface area contributed by atoms with E-state index in [1.807, 2.05) is 24.3 Å². The van der Waals surface area contributed by atoms with Gasteiger partial charge in [-0.3, -0.25) is 4.79 Å². The van der Waals surface area contributed by atoms with Gasteiger partial charge in [0.05, 0.1) is 43.8 Å². The van der Waals surface area contributed by atoms with Gasteiger partial charge in [0, 0.05) is 6.54 Å². The number of nitrogens with one attached hydrogen (secondary N) is 1. The Balaban J connectivity index is 1.85. The van der Waals surface area contributed by atoms with Crippen LogP contribution in [-0.2, 0) is 21.4 Å². The van der Waals surface area contributed by atoms with Crippen LogP contribution >= 0.6 is 11.6 Å². The second kappa shape index (κ2) is 12.1. The maximum Gasteiger partial charge on any atom is 0.243 e. The van der Waals surface area contributed by atoms with Crippen LogP contribution in [0.15, 0.2) is 71.6 Å². The summed E-state index contributed by atoms with van der Waals surface area (Å²) >= 11 is 6.18. The van der Waals surface area contributed by atoms with Gasteiger partial charge in [-0.15, -0.1) is 0 Å². The second-order valence-electron chi connectivity index (χ2n) is 7.96. The van der Waals surface area contributed by atoms with Crippen molar-refractivity contribution in [1.82, 2.24) is 9.62 Å². The third kappa shape index (κ3) is 6.48. The summed E-state index contributed by atoms with van der Waals surface area (Å²) in [6.07, 6.45) is 0. The quantitative estimate of drug-likeness (QED) is 0.392. The van der Waals surface area contributed by atoms with E-state index in [-0.39, 0.29) is 16.5 Å². The Bertz CT molecular complexity index is 1300. The van der Waals surface area contributed by atoms with Crippen LogP contribution in [0.3, 0.4) is 0 Å². The molecule has 0 aliphatic rings. The normalized spacial score (nSPS) is 12.2. The van der Waals surface area contributed by atoms with Crippen molar-refractivity contribution in [2.75, 3.05) is 27.9 Å². The first-order valence-corrected chi connectivity index (χ1v) is 12.9. The van der Waals surface area contributed by atoms with Crippen molar-refractivity contribution < 1.29 is 27.4 Å². The van der Waals surface area contributed by atoms with Gasteiger partial charge in [-0.2, -0.15) is 4.31 Å². The number of methoxy groups -OCH3 is 3. The maximum absolute atomic E-state index is 13.5. The number of sulfonamides is 1. The standard InChI is InChI=1S/C26H29ClN2O6S/c1-18(20-10-12-24(34-3)25(14-20)35-4)28-26(30)17-29(16-19-8-6-5-7-9-19)36(31,32)21-11-13-23(33-2)22(27)15-21/h5-15,18H,16-17H2,1-4H3,(H,28,30). The average Bonchev–Trinajstić information content (AvgIpc) is 2.88. The molecule has 0 radical (unpaired) electrons. The second-order valence-corrected chi connectivity index (χ2v) is 10.3. The highest BCUT2D eigenvalue weighted by Crippen LogP contribution is 2.31. The monoisotopic (exact) mass is 532 g/mol. The van der Waals surface area contributed by atoms with Crippen LogP contribution in [0.25, 0.3) is 0 Å². The summed E-state index contributed by atoms with van der Waals surface area (Å²) in [5.74, 6) is 0.988. The molecular formula is C26H29ClN2O6S. The Morgan fingerprint density at radius 2 is 1.56 bits per heavy atom. The Hall–Kier alpha value is -3.27. The third-order valence-corrected chi connectivity index (χ3v) is 7.65. The lowest BCUT2D eigenvalue weighted by Gasteiger charge is -2.24. The minimum Gasteiger partial charge on any atom is -0.495 e. The number of hydrogen-bond donors (Lipinski definition) is 1. The number of ether oxygens (including phenoxy) is 3. The van der Waals surface area contributed by atoms with Gasteiger partial charge >= 0.3 is 0 Å². The minimum atomic E-state index is -4.07. The van der Waals surface area contributed by atoms with Crippen LogP contribution in [-0.4, -0.2) is 46.5 Å². The van der Waals surface area contributed by atoms with Crippen LogP contribution in [0.4, 0.5) is 0 Å². The van der Waals surface area contributed by atoms with Gasteiger partial charge in [-0.1, -0.05) is 48.0 Å². The first-order valence-electron chi connectivity index (χ1n) is 11.1. The molecule has 0 bridgehead atoms. The van der Waals surface area contributed by atoms with Gasteiger partial charge in [-0.25, -0.2) is 8.42 Å². The van der Waals surface area contributed by atoms with E-state index >= 15 is 0 Å². The van der Waals surface area contributed by atoms with Crippen molar-refractivity contribution in [1.29, 1.82) is 0 Å². The molecule has 0 saturated carbocycles. The first-order chi connectivity index (χ1) is 17.2. The molecule has 1 amide bonds. The van der Waals surface area contributed by atoms with Crippen molar-refractivity contribution >= 4 is 27.5 Å². The Morgan fingerprint density at radius 3 is 2.17 bits per heavy atom. The molecule has 0 aliphatic carbocycles. The summed E-state index contributed by atoms with van der Waals surface area (Å²) in [6, 6.07) is 18.2. The van der Waals surface area contributed by atoms with Gasteiger partial charge < -0.3 is 19.5 Å². The molecule has 10 heteroatoms. The molecule has 1 atom stereocenters. The van der Waals surface area contributed by atoms with Gasteiger partial charge in [0.2, 0.25) is 15.9 Å². The Kier molecular flexibility index (Phi) is 9.19. The van der Waals surface area contributed by atoms with Crippen LogP contribution in [0.5, 0.6) is 17.2 Å². The Morgan fingerprint density at radius 1 is 0.917 bits per heavy atom. The number of carbonyl (C=O) groups is 1. The number of halogens is 1. The predicted molar refractivity (Wildman–Crippen MR) is 138 cm³/mol. The molecule has 3 aromatic rings. The number of hydrogen-bond acceptors (Lipinski definition) is 6. The fraction of sp³-hybridized carbons (Fsp3) is 0.269. The molecule has 0 aliphatic heterocycles. The Labute approximate surface area is 216 Å². The number of carbonyl (C=O) groups excluding carboxylic acids is 1. The number of rotatable bonds is 11. The summed E-state index contributed by atoms with van der Waals surface area (Å²) in [6.45, 7) is 1.42. The van der Waals surface area contributed by atoms with E-state index in [4.69, 9.17) is 25.8 Å². The van der Waals surface area contributed by atoms with E-state index in [9.17, 15) is 13.2 Å². The summed E-state index contributed by atoms with van der Waals surface area (Å²) in [4.78, 5) is 13.0. The molecule has 3 rings (SSSR count). The average molecular weight is 533 g/mol.